The van der Waals surface area contributed by atoms with E-state index in [2.05, 4.69) is 6.08 Å². The minimum absolute atomic E-state index is 0.184. The van der Waals surface area contributed by atoms with Gasteiger partial charge in [0.15, 0.2) is 0 Å². The first kappa shape index (κ1) is 11.8. The molecule has 1 atom stereocenters. The minimum atomic E-state index is -0.184. The maximum Gasteiger partial charge on any atom is 0.0720 e. The van der Waals surface area contributed by atoms with Gasteiger partial charge in [0.1, 0.15) is 0 Å². The summed E-state index contributed by atoms with van der Waals surface area (Å²) in [4.78, 5) is 0. The fourth-order valence-electron chi connectivity index (χ4n) is 2.03. The first-order valence-corrected chi connectivity index (χ1v) is 6.24. The number of rotatable bonds is 0. The van der Waals surface area contributed by atoms with Crippen molar-refractivity contribution in [2.45, 2.75) is 70.3 Å². The van der Waals surface area contributed by atoms with Crippen molar-refractivity contribution < 1.29 is 5.11 Å². The van der Waals surface area contributed by atoms with Gasteiger partial charge >= 0.3 is 0 Å². The molecule has 0 unspecified atom stereocenters. The standard InChI is InChI=1S/C13H24O/c14-13-11-9-7-5-3-1-2-4-6-8-10-12-13/h9,11,13-14H,1-8,10,12H2/b11-9+/t13-/m1/s1. The van der Waals surface area contributed by atoms with E-state index in [0.717, 1.165) is 12.8 Å². The topological polar surface area (TPSA) is 20.2 Å². The summed E-state index contributed by atoms with van der Waals surface area (Å²) in [7, 11) is 0. The second-order valence-electron chi connectivity index (χ2n) is 4.40. The highest BCUT2D eigenvalue weighted by molar-refractivity contribution is 4.88. The van der Waals surface area contributed by atoms with Crippen LogP contribution in [0.25, 0.3) is 0 Å². The van der Waals surface area contributed by atoms with E-state index in [9.17, 15) is 5.11 Å². The molecule has 0 saturated carbocycles. The Bertz CT molecular complexity index is 151. The molecular formula is C13H24O. The Morgan fingerprint density at radius 1 is 0.786 bits per heavy atom. The average molecular weight is 196 g/mol. The minimum Gasteiger partial charge on any atom is -0.389 e. The zero-order chi connectivity index (χ0) is 10.1. The van der Waals surface area contributed by atoms with E-state index in [-0.39, 0.29) is 6.10 Å². The lowest BCUT2D eigenvalue weighted by Gasteiger charge is -2.04. The van der Waals surface area contributed by atoms with Gasteiger partial charge in [-0.25, -0.2) is 0 Å². The van der Waals surface area contributed by atoms with E-state index in [0.29, 0.717) is 0 Å². The molecule has 1 aliphatic carbocycles. The third-order valence-corrected chi connectivity index (χ3v) is 2.98. The van der Waals surface area contributed by atoms with Gasteiger partial charge in [0.05, 0.1) is 6.10 Å². The van der Waals surface area contributed by atoms with Gasteiger partial charge in [0, 0.05) is 0 Å². The van der Waals surface area contributed by atoms with Gasteiger partial charge < -0.3 is 5.11 Å². The predicted molar refractivity (Wildman–Crippen MR) is 61.3 cm³/mol. The van der Waals surface area contributed by atoms with Crippen LogP contribution in [0.1, 0.15) is 64.2 Å². The molecule has 0 spiro atoms. The molecule has 0 fully saturated rings. The smallest absolute Gasteiger partial charge is 0.0720 e. The highest BCUT2D eigenvalue weighted by atomic mass is 16.3. The molecular weight excluding hydrogens is 172 g/mol. The lowest BCUT2D eigenvalue weighted by Crippen LogP contribution is -2.01. The summed E-state index contributed by atoms with van der Waals surface area (Å²) in [6.07, 6.45) is 16.8. The number of aliphatic hydroxyl groups excluding tert-OH is 1. The summed E-state index contributed by atoms with van der Waals surface area (Å²) in [6.45, 7) is 0. The SMILES string of the molecule is O[C@@H]1/C=C/CCCCCCCCCC1. The van der Waals surface area contributed by atoms with Crippen LogP contribution >= 0.6 is 0 Å². The molecule has 14 heavy (non-hydrogen) atoms. The Kier molecular flexibility index (Phi) is 6.77. The van der Waals surface area contributed by atoms with Crippen molar-refractivity contribution in [2.24, 2.45) is 0 Å². The molecule has 0 aromatic carbocycles. The fourth-order valence-corrected chi connectivity index (χ4v) is 2.03. The number of allylic oxidation sites excluding steroid dienone is 1. The van der Waals surface area contributed by atoms with Crippen LogP contribution < -0.4 is 0 Å². The van der Waals surface area contributed by atoms with E-state index >= 15 is 0 Å². The van der Waals surface area contributed by atoms with Gasteiger partial charge in [-0.15, -0.1) is 0 Å². The Morgan fingerprint density at radius 3 is 2.07 bits per heavy atom. The van der Waals surface area contributed by atoms with Crippen LogP contribution in [0, 0.1) is 0 Å². The summed E-state index contributed by atoms with van der Waals surface area (Å²) < 4.78 is 0. The summed E-state index contributed by atoms with van der Waals surface area (Å²) in [5.41, 5.74) is 0. The molecule has 1 nitrogen and oxygen atoms in total. The molecule has 1 N–H and O–H groups in total. The van der Waals surface area contributed by atoms with Crippen LogP contribution in [-0.2, 0) is 0 Å². The zero-order valence-electron chi connectivity index (χ0n) is 9.25. The van der Waals surface area contributed by atoms with Gasteiger partial charge in [-0.05, 0) is 19.3 Å². The van der Waals surface area contributed by atoms with E-state index in [1.807, 2.05) is 6.08 Å². The Hall–Kier alpha value is -0.300. The Morgan fingerprint density at radius 2 is 1.36 bits per heavy atom. The van der Waals surface area contributed by atoms with Crippen LogP contribution in [0.5, 0.6) is 0 Å². The normalized spacial score (nSPS) is 29.6. The van der Waals surface area contributed by atoms with Gasteiger partial charge in [0.2, 0.25) is 0 Å². The zero-order valence-corrected chi connectivity index (χ0v) is 9.25. The third kappa shape index (κ3) is 6.20. The van der Waals surface area contributed by atoms with Crippen LogP contribution in [0.3, 0.4) is 0 Å². The van der Waals surface area contributed by atoms with Crippen molar-refractivity contribution in [3.8, 4) is 0 Å². The van der Waals surface area contributed by atoms with Crippen LogP contribution in [0.4, 0.5) is 0 Å². The molecule has 0 amide bonds. The molecule has 1 aliphatic rings. The second kappa shape index (κ2) is 8.05. The lowest BCUT2D eigenvalue weighted by molar-refractivity contribution is 0.207. The van der Waals surface area contributed by atoms with Gasteiger partial charge in [-0.2, -0.15) is 0 Å². The van der Waals surface area contributed by atoms with Crippen LogP contribution in [0.15, 0.2) is 12.2 Å². The highest BCUT2D eigenvalue weighted by Crippen LogP contribution is 2.13. The van der Waals surface area contributed by atoms with Crippen molar-refractivity contribution in [3.05, 3.63) is 12.2 Å². The molecule has 82 valence electrons. The molecule has 0 radical (unpaired) electrons. The Balaban J connectivity index is 2.21. The van der Waals surface area contributed by atoms with Crippen molar-refractivity contribution in [1.82, 2.24) is 0 Å². The summed E-state index contributed by atoms with van der Waals surface area (Å²) in [5, 5.41) is 9.58. The van der Waals surface area contributed by atoms with Crippen LogP contribution in [0.2, 0.25) is 0 Å². The van der Waals surface area contributed by atoms with Crippen molar-refractivity contribution in [2.75, 3.05) is 0 Å². The van der Waals surface area contributed by atoms with Gasteiger partial charge in [-0.1, -0.05) is 57.1 Å². The predicted octanol–water partition coefficient (Wildman–Crippen LogP) is 3.82. The summed E-state index contributed by atoms with van der Waals surface area (Å²) in [5.74, 6) is 0. The fraction of sp³-hybridized carbons (Fsp3) is 0.846. The highest BCUT2D eigenvalue weighted by Gasteiger charge is 1.99. The van der Waals surface area contributed by atoms with E-state index in [4.69, 9.17) is 0 Å². The number of aliphatic hydroxyl groups is 1. The maximum absolute atomic E-state index is 9.58. The van der Waals surface area contributed by atoms with E-state index in [1.54, 1.807) is 0 Å². The number of hydrogen-bond donors (Lipinski definition) is 1. The molecule has 0 saturated heterocycles. The summed E-state index contributed by atoms with van der Waals surface area (Å²) in [6, 6.07) is 0. The molecule has 0 aliphatic heterocycles. The van der Waals surface area contributed by atoms with Gasteiger partial charge in [-0.3, -0.25) is 0 Å². The molecule has 0 aromatic heterocycles. The van der Waals surface area contributed by atoms with Crippen molar-refractivity contribution >= 4 is 0 Å². The molecule has 1 heteroatoms. The molecule has 0 aromatic rings. The molecule has 1 rings (SSSR count). The second-order valence-corrected chi connectivity index (χ2v) is 4.40. The first-order valence-electron chi connectivity index (χ1n) is 6.24. The van der Waals surface area contributed by atoms with E-state index < -0.39 is 0 Å². The average Bonchev–Trinajstić information content (AvgIpc) is 2.20. The first-order chi connectivity index (χ1) is 6.89. The maximum atomic E-state index is 9.58. The quantitative estimate of drug-likeness (QED) is 0.584. The lowest BCUT2D eigenvalue weighted by atomic mass is 10.1. The monoisotopic (exact) mass is 196 g/mol. The third-order valence-electron chi connectivity index (χ3n) is 2.98. The summed E-state index contributed by atoms with van der Waals surface area (Å²) >= 11 is 0. The van der Waals surface area contributed by atoms with E-state index in [1.165, 1.54) is 51.4 Å². The largest absolute Gasteiger partial charge is 0.389 e. The molecule has 0 bridgehead atoms. The van der Waals surface area contributed by atoms with Crippen molar-refractivity contribution in [3.63, 3.8) is 0 Å². The number of hydrogen-bond acceptors (Lipinski definition) is 1. The molecule has 0 heterocycles. The van der Waals surface area contributed by atoms with Gasteiger partial charge in [0.25, 0.3) is 0 Å². The van der Waals surface area contributed by atoms with Crippen LogP contribution in [-0.4, -0.2) is 11.2 Å². The Labute approximate surface area is 88.2 Å². The van der Waals surface area contributed by atoms with Crippen molar-refractivity contribution in [1.29, 1.82) is 0 Å².